The molecule has 0 saturated heterocycles. The van der Waals surface area contributed by atoms with Crippen molar-refractivity contribution in [3.8, 4) is 0 Å². The number of aromatic nitrogens is 1. The van der Waals surface area contributed by atoms with Gasteiger partial charge in [-0.25, -0.2) is 9.78 Å². The van der Waals surface area contributed by atoms with Crippen molar-refractivity contribution in [1.82, 2.24) is 4.98 Å². The Morgan fingerprint density at radius 2 is 2.11 bits per heavy atom. The Labute approximate surface area is 110 Å². The molecule has 0 aliphatic rings. The van der Waals surface area contributed by atoms with Gasteiger partial charge in [-0.3, -0.25) is 4.79 Å². The molecule has 0 bridgehead atoms. The highest BCUT2D eigenvalue weighted by Gasteiger charge is 2.21. The molecule has 0 spiro atoms. The molecule has 1 amide bonds. The Kier molecular flexibility index (Phi) is 4.42. The molecule has 1 aromatic heterocycles. The number of anilines is 1. The number of hydrogen-bond donors (Lipinski definition) is 2. The van der Waals surface area contributed by atoms with Crippen LogP contribution in [0.1, 0.15) is 37.5 Å². The number of nitrogens with one attached hydrogen (secondary N) is 1. The molecule has 1 aromatic rings. The summed E-state index contributed by atoms with van der Waals surface area (Å²) in [5.74, 6) is -0.548. The zero-order valence-corrected chi connectivity index (χ0v) is 11.6. The Morgan fingerprint density at radius 3 is 2.61 bits per heavy atom. The highest BCUT2D eigenvalue weighted by atomic mass is 32.1. The van der Waals surface area contributed by atoms with Crippen LogP contribution in [0.3, 0.4) is 0 Å². The van der Waals surface area contributed by atoms with Crippen molar-refractivity contribution >= 4 is 29.0 Å². The van der Waals surface area contributed by atoms with Gasteiger partial charge in [0, 0.05) is 5.38 Å². The molecule has 0 aromatic carbocycles. The number of amides is 1. The summed E-state index contributed by atoms with van der Waals surface area (Å²) >= 11 is 1.11. The normalized spacial score (nSPS) is 12.9. The second-order valence-electron chi connectivity index (χ2n) is 4.82. The summed E-state index contributed by atoms with van der Waals surface area (Å²) in [5, 5.41) is 4.28. The van der Waals surface area contributed by atoms with Gasteiger partial charge in [-0.1, -0.05) is 0 Å². The van der Waals surface area contributed by atoms with E-state index in [1.54, 1.807) is 33.1 Å². The van der Waals surface area contributed by atoms with E-state index in [9.17, 15) is 9.59 Å². The first kappa shape index (κ1) is 14.6. The van der Waals surface area contributed by atoms with E-state index in [2.05, 4.69) is 10.3 Å². The van der Waals surface area contributed by atoms with Gasteiger partial charge in [0.2, 0.25) is 10.9 Å². The van der Waals surface area contributed by atoms with E-state index in [4.69, 9.17) is 10.5 Å². The van der Waals surface area contributed by atoms with Crippen LogP contribution in [0, 0.1) is 0 Å². The van der Waals surface area contributed by atoms with Crippen LogP contribution in [0.2, 0.25) is 0 Å². The van der Waals surface area contributed by atoms with Crippen molar-refractivity contribution in [1.29, 1.82) is 0 Å². The third-order valence-corrected chi connectivity index (χ3v) is 2.56. The molecule has 0 fully saturated rings. The molecule has 3 N–H and O–H groups in total. The Balaban J connectivity index is 2.69. The third kappa shape index (κ3) is 4.42. The van der Waals surface area contributed by atoms with E-state index in [-0.39, 0.29) is 10.9 Å². The van der Waals surface area contributed by atoms with Gasteiger partial charge in [0.15, 0.2) is 0 Å². The number of rotatable bonds is 3. The lowest BCUT2D eigenvalue weighted by Gasteiger charge is -2.18. The molecule has 1 atom stereocenters. The van der Waals surface area contributed by atoms with E-state index < -0.39 is 17.6 Å². The standard InChI is InChI=1S/C11H17N3O3S/c1-6(12)8(15)13-7-5-18-9(14-7)10(16)17-11(2,3)4/h5-6H,12H2,1-4H3,(H,13,15)/t6-/m0/s1. The second-order valence-corrected chi connectivity index (χ2v) is 5.68. The summed E-state index contributed by atoms with van der Waals surface area (Å²) in [6.07, 6.45) is 0. The molecule has 18 heavy (non-hydrogen) atoms. The second kappa shape index (κ2) is 5.45. The molecule has 7 heteroatoms. The van der Waals surface area contributed by atoms with E-state index in [0.29, 0.717) is 5.82 Å². The minimum atomic E-state index is -0.628. The molecule has 0 unspecified atom stereocenters. The number of ether oxygens (including phenoxy) is 1. The fourth-order valence-corrected chi connectivity index (χ4v) is 1.61. The van der Waals surface area contributed by atoms with E-state index in [1.807, 2.05) is 0 Å². The Morgan fingerprint density at radius 1 is 1.50 bits per heavy atom. The number of hydrogen-bond acceptors (Lipinski definition) is 6. The Bertz CT molecular complexity index is 449. The molecule has 0 aliphatic carbocycles. The van der Waals surface area contributed by atoms with Crippen LogP contribution in [0.5, 0.6) is 0 Å². The molecule has 0 aliphatic heterocycles. The third-order valence-electron chi connectivity index (χ3n) is 1.74. The lowest BCUT2D eigenvalue weighted by Crippen LogP contribution is -2.32. The fraction of sp³-hybridized carbons (Fsp3) is 0.545. The van der Waals surface area contributed by atoms with E-state index >= 15 is 0 Å². The number of carbonyl (C=O) groups excluding carboxylic acids is 2. The average Bonchev–Trinajstić information content (AvgIpc) is 2.63. The van der Waals surface area contributed by atoms with Crippen LogP contribution < -0.4 is 11.1 Å². The maximum absolute atomic E-state index is 11.7. The van der Waals surface area contributed by atoms with Crippen LogP contribution in [0.15, 0.2) is 5.38 Å². The maximum atomic E-state index is 11.7. The van der Waals surface area contributed by atoms with Crippen molar-refractivity contribution in [2.24, 2.45) is 5.73 Å². The number of carbonyl (C=O) groups is 2. The van der Waals surface area contributed by atoms with Crippen LogP contribution in [-0.2, 0) is 9.53 Å². The van der Waals surface area contributed by atoms with Gasteiger partial charge in [-0.05, 0) is 27.7 Å². The van der Waals surface area contributed by atoms with Crippen LogP contribution in [0.4, 0.5) is 5.82 Å². The van der Waals surface area contributed by atoms with Crippen LogP contribution >= 0.6 is 11.3 Å². The zero-order chi connectivity index (χ0) is 13.9. The summed E-state index contributed by atoms with van der Waals surface area (Å²) in [6.45, 7) is 6.89. The fourth-order valence-electron chi connectivity index (χ4n) is 0.987. The molecule has 1 heterocycles. The first-order chi connectivity index (χ1) is 8.19. The molecule has 0 radical (unpaired) electrons. The summed E-state index contributed by atoms with van der Waals surface area (Å²) in [7, 11) is 0. The van der Waals surface area contributed by atoms with Crippen LogP contribution in [-0.4, -0.2) is 28.5 Å². The number of thiazole rings is 1. The maximum Gasteiger partial charge on any atom is 0.368 e. The minimum absolute atomic E-state index is 0.199. The van der Waals surface area contributed by atoms with Gasteiger partial charge in [0.1, 0.15) is 11.4 Å². The molecule has 1 rings (SSSR count). The predicted molar refractivity (Wildman–Crippen MR) is 69.6 cm³/mol. The van der Waals surface area contributed by atoms with Crippen LogP contribution in [0.25, 0.3) is 0 Å². The summed E-state index contributed by atoms with van der Waals surface area (Å²) in [5.41, 5.74) is 4.83. The largest absolute Gasteiger partial charge is 0.455 e. The summed E-state index contributed by atoms with van der Waals surface area (Å²) < 4.78 is 5.16. The highest BCUT2D eigenvalue weighted by Crippen LogP contribution is 2.18. The van der Waals surface area contributed by atoms with Gasteiger partial charge in [0.25, 0.3) is 0 Å². The van der Waals surface area contributed by atoms with Crippen molar-refractivity contribution in [2.45, 2.75) is 39.3 Å². The van der Waals surface area contributed by atoms with Crippen molar-refractivity contribution in [3.05, 3.63) is 10.4 Å². The monoisotopic (exact) mass is 271 g/mol. The summed E-state index contributed by atoms with van der Waals surface area (Å²) in [6, 6.07) is -0.628. The van der Waals surface area contributed by atoms with Crippen molar-refractivity contribution < 1.29 is 14.3 Å². The Hall–Kier alpha value is -1.47. The highest BCUT2D eigenvalue weighted by molar-refractivity contribution is 7.12. The summed E-state index contributed by atoms with van der Waals surface area (Å²) in [4.78, 5) is 27.0. The zero-order valence-electron chi connectivity index (χ0n) is 10.8. The number of nitrogens with two attached hydrogens (primary N) is 1. The van der Waals surface area contributed by atoms with Gasteiger partial charge in [0.05, 0.1) is 6.04 Å². The molecule has 0 saturated carbocycles. The quantitative estimate of drug-likeness (QED) is 0.810. The molecular weight excluding hydrogens is 254 g/mol. The number of esters is 1. The smallest absolute Gasteiger partial charge is 0.368 e. The van der Waals surface area contributed by atoms with Gasteiger partial charge in [-0.2, -0.15) is 0 Å². The first-order valence-corrected chi connectivity index (χ1v) is 6.32. The average molecular weight is 271 g/mol. The number of nitrogens with zero attached hydrogens (tertiary/aromatic N) is 1. The minimum Gasteiger partial charge on any atom is -0.455 e. The topological polar surface area (TPSA) is 94.3 Å². The molecule has 6 nitrogen and oxygen atoms in total. The van der Waals surface area contributed by atoms with Crippen molar-refractivity contribution in [2.75, 3.05) is 5.32 Å². The van der Waals surface area contributed by atoms with E-state index in [0.717, 1.165) is 11.3 Å². The first-order valence-electron chi connectivity index (χ1n) is 5.44. The lowest BCUT2D eigenvalue weighted by atomic mass is 10.2. The predicted octanol–water partition coefficient (Wildman–Crippen LogP) is 1.38. The van der Waals surface area contributed by atoms with Gasteiger partial charge >= 0.3 is 5.97 Å². The molecule has 100 valence electrons. The molecular formula is C11H17N3O3S. The SMILES string of the molecule is C[C@H](N)C(=O)Nc1csc(C(=O)OC(C)(C)C)n1. The van der Waals surface area contributed by atoms with Gasteiger partial charge in [-0.15, -0.1) is 11.3 Å². The van der Waals surface area contributed by atoms with E-state index in [1.165, 1.54) is 0 Å². The lowest BCUT2D eigenvalue weighted by molar-refractivity contribution is -0.117. The van der Waals surface area contributed by atoms with Crippen molar-refractivity contribution in [3.63, 3.8) is 0 Å². The van der Waals surface area contributed by atoms with Gasteiger partial charge < -0.3 is 15.8 Å².